The maximum atomic E-state index is 14.9. The van der Waals surface area contributed by atoms with Gasteiger partial charge in [-0.05, 0) is 30.7 Å². The molecule has 0 saturated heterocycles. The van der Waals surface area contributed by atoms with Crippen molar-refractivity contribution in [2.75, 3.05) is 5.73 Å². The number of nitriles is 1. The summed E-state index contributed by atoms with van der Waals surface area (Å²) in [6.45, 7) is 2.10. The molecule has 0 bridgehead atoms. The summed E-state index contributed by atoms with van der Waals surface area (Å²) in [6.07, 6.45) is 5.20. The number of aromatic nitrogens is 8. The van der Waals surface area contributed by atoms with Crippen LogP contribution in [0.5, 0.6) is 0 Å². The quantitative estimate of drug-likeness (QED) is 0.417. The number of halogens is 1. The first kappa shape index (κ1) is 21.8. The molecule has 1 aromatic carbocycles. The Morgan fingerprint density at radius 1 is 1.06 bits per heavy atom. The van der Waals surface area contributed by atoms with E-state index in [9.17, 15) is 9.65 Å². The van der Waals surface area contributed by atoms with Crippen LogP contribution in [0.25, 0.3) is 34.0 Å². The average Bonchev–Trinajstić information content (AvgIpc) is 3.50. The number of aryl methyl sites for hydroxylation is 1. The Kier molecular flexibility index (Phi) is 5.46. The maximum absolute atomic E-state index is 14.9. The molecule has 35 heavy (non-hydrogen) atoms. The number of nitrogens with two attached hydrogens (primary N) is 1. The van der Waals surface area contributed by atoms with Gasteiger partial charge < -0.3 is 5.73 Å². The summed E-state index contributed by atoms with van der Waals surface area (Å²) in [5.41, 5.74) is 10.2. The van der Waals surface area contributed by atoms with Gasteiger partial charge in [0, 0.05) is 24.4 Å². The Hall–Kier alpha value is -4.98. The van der Waals surface area contributed by atoms with E-state index in [1.54, 1.807) is 46.9 Å². The Labute approximate surface area is 199 Å². The van der Waals surface area contributed by atoms with Crippen LogP contribution >= 0.6 is 0 Å². The molecule has 0 saturated carbocycles. The highest BCUT2D eigenvalue weighted by Gasteiger charge is 2.19. The number of nitrogen functional groups attached to an aromatic ring is 1. The maximum Gasteiger partial charge on any atom is 0.193 e. The zero-order valence-electron chi connectivity index (χ0n) is 18.9. The number of benzene rings is 1. The van der Waals surface area contributed by atoms with Gasteiger partial charge in [-0.3, -0.25) is 9.67 Å². The average molecular weight is 466 g/mol. The first-order valence-corrected chi connectivity index (χ1v) is 10.6. The van der Waals surface area contributed by atoms with Gasteiger partial charge in [0.2, 0.25) is 0 Å². The van der Waals surface area contributed by atoms with Crippen LogP contribution in [0.15, 0.2) is 55.0 Å². The van der Waals surface area contributed by atoms with E-state index >= 15 is 0 Å². The molecule has 0 unspecified atom stereocenters. The summed E-state index contributed by atoms with van der Waals surface area (Å²) in [5, 5.41) is 21.7. The molecule has 4 aromatic heterocycles. The molecule has 0 fully saturated rings. The van der Waals surface area contributed by atoms with Crippen LogP contribution < -0.4 is 5.73 Å². The van der Waals surface area contributed by atoms with Gasteiger partial charge in [-0.15, -0.1) is 5.10 Å². The van der Waals surface area contributed by atoms with E-state index in [1.807, 2.05) is 31.4 Å². The second-order valence-corrected chi connectivity index (χ2v) is 7.90. The highest BCUT2D eigenvalue weighted by Crippen LogP contribution is 2.28. The fourth-order valence-corrected chi connectivity index (χ4v) is 3.69. The minimum atomic E-state index is -0.786. The highest BCUT2D eigenvalue weighted by atomic mass is 19.1. The molecule has 0 aliphatic carbocycles. The van der Waals surface area contributed by atoms with E-state index in [0.717, 1.165) is 17.0 Å². The number of rotatable bonds is 5. The first-order chi connectivity index (χ1) is 16.9. The van der Waals surface area contributed by atoms with Crippen molar-refractivity contribution >= 4 is 5.82 Å². The van der Waals surface area contributed by atoms with Gasteiger partial charge in [0.15, 0.2) is 17.5 Å². The largest absolute Gasteiger partial charge is 0.381 e. The molecule has 11 heteroatoms. The van der Waals surface area contributed by atoms with Crippen molar-refractivity contribution in [3.8, 4) is 40.1 Å². The third-order valence-corrected chi connectivity index (χ3v) is 5.48. The second kappa shape index (κ2) is 8.75. The standard InChI is InChI=1S/C24H19FN10/c1-14-15(9-26)5-3-7-18(14)24-30-22(21(25)23(27)31-24)20-13-35(33-32-20)12-17-6-4-8-19(29-17)16-10-28-34(2)11-16/h3-8,10-11,13H,12H2,1-2H3,(H2,27,30,31). The number of nitrogens with zero attached hydrogens (tertiary/aromatic N) is 9. The first-order valence-electron chi connectivity index (χ1n) is 10.6. The van der Waals surface area contributed by atoms with Gasteiger partial charge in [0.1, 0.15) is 11.4 Å². The third-order valence-electron chi connectivity index (χ3n) is 5.48. The molecule has 10 nitrogen and oxygen atoms in total. The summed E-state index contributed by atoms with van der Waals surface area (Å²) in [7, 11) is 1.84. The lowest BCUT2D eigenvalue weighted by Crippen LogP contribution is -2.04. The molecule has 4 heterocycles. The van der Waals surface area contributed by atoms with Crippen molar-refractivity contribution in [3.63, 3.8) is 0 Å². The summed E-state index contributed by atoms with van der Waals surface area (Å²) in [5.74, 6) is -0.896. The zero-order chi connectivity index (χ0) is 24.5. The number of anilines is 1. The summed E-state index contributed by atoms with van der Waals surface area (Å²) in [6, 6.07) is 13.0. The fourth-order valence-electron chi connectivity index (χ4n) is 3.69. The lowest BCUT2D eigenvalue weighted by Gasteiger charge is -2.09. The molecule has 0 spiro atoms. The Morgan fingerprint density at radius 2 is 1.89 bits per heavy atom. The normalized spacial score (nSPS) is 10.9. The van der Waals surface area contributed by atoms with Gasteiger partial charge in [0.25, 0.3) is 0 Å². The van der Waals surface area contributed by atoms with E-state index in [4.69, 9.17) is 5.73 Å². The number of pyridine rings is 1. The van der Waals surface area contributed by atoms with Gasteiger partial charge in [-0.2, -0.15) is 10.4 Å². The molecular weight excluding hydrogens is 447 g/mol. The van der Waals surface area contributed by atoms with Crippen LogP contribution in [0.4, 0.5) is 10.2 Å². The number of hydrogen-bond acceptors (Lipinski definition) is 8. The van der Waals surface area contributed by atoms with Crippen molar-refractivity contribution in [1.82, 2.24) is 39.7 Å². The SMILES string of the molecule is Cc1c(C#N)cccc1-c1nc(N)c(F)c(-c2cn(Cc3cccc(-c4cnn(C)c4)n3)nn2)n1. The highest BCUT2D eigenvalue weighted by molar-refractivity contribution is 5.69. The van der Waals surface area contributed by atoms with Crippen LogP contribution in [-0.4, -0.2) is 39.7 Å². The fraction of sp³-hybridized carbons (Fsp3) is 0.125. The van der Waals surface area contributed by atoms with Crippen LogP contribution in [0, 0.1) is 24.1 Å². The molecule has 0 amide bonds. The third kappa shape index (κ3) is 4.20. The minimum Gasteiger partial charge on any atom is -0.381 e. The molecule has 172 valence electrons. The van der Waals surface area contributed by atoms with Crippen molar-refractivity contribution < 1.29 is 4.39 Å². The van der Waals surface area contributed by atoms with Gasteiger partial charge in [-0.1, -0.05) is 23.4 Å². The van der Waals surface area contributed by atoms with Crippen LogP contribution in [0.1, 0.15) is 16.8 Å². The van der Waals surface area contributed by atoms with Gasteiger partial charge in [0.05, 0.1) is 42.0 Å². The molecule has 0 aliphatic rings. The predicted molar refractivity (Wildman–Crippen MR) is 126 cm³/mol. The van der Waals surface area contributed by atoms with E-state index in [0.29, 0.717) is 23.2 Å². The van der Waals surface area contributed by atoms with Crippen molar-refractivity contribution in [2.24, 2.45) is 7.05 Å². The molecule has 0 atom stereocenters. The summed E-state index contributed by atoms with van der Waals surface area (Å²) in [4.78, 5) is 13.1. The van der Waals surface area contributed by atoms with Crippen LogP contribution in [0.2, 0.25) is 0 Å². The zero-order valence-corrected chi connectivity index (χ0v) is 18.9. The van der Waals surface area contributed by atoms with Crippen LogP contribution in [-0.2, 0) is 13.6 Å². The monoisotopic (exact) mass is 466 g/mol. The van der Waals surface area contributed by atoms with E-state index in [-0.39, 0.29) is 23.0 Å². The minimum absolute atomic E-state index is 0.0717. The smallest absolute Gasteiger partial charge is 0.193 e. The van der Waals surface area contributed by atoms with Crippen molar-refractivity contribution in [1.29, 1.82) is 5.26 Å². The number of hydrogen-bond donors (Lipinski definition) is 1. The topological polar surface area (TPSA) is 137 Å². The molecular formula is C24H19FN10. The Bertz CT molecular complexity index is 1590. The lowest BCUT2D eigenvalue weighted by molar-refractivity contribution is 0.623. The van der Waals surface area contributed by atoms with Gasteiger partial charge in [-0.25, -0.2) is 19.0 Å². The predicted octanol–water partition coefficient (Wildman–Crippen LogP) is 3.15. The Balaban J connectivity index is 1.47. The molecule has 2 N–H and O–H groups in total. The van der Waals surface area contributed by atoms with Gasteiger partial charge >= 0.3 is 0 Å². The van der Waals surface area contributed by atoms with Crippen molar-refractivity contribution in [2.45, 2.75) is 13.5 Å². The van der Waals surface area contributed by atoms with E-state index < -0.39 is 5.82 Å². The molecule has 5 aromatic rings. The van der Waals surface area contributed by atoms with Crippen molar-refractivity contribution in [3.05, 3.63) is 77.6 Å². The molecule has 5 rings (SSSR count). The van der Waals surface area contributed by atoms with E-state index in [1.165, 1.54) is 0 Å². The summed E-state index contributed by atoms with van der Waals surface area (Å²) >= 11 is 0. The van der Waals surface area contributed by atoms with Crippen LogP contribution in [0.3, 0.4) is 0 Å². The van der Waals surface area contributed by atoms with E-state index in [2.05, 4.69) is 36.4 Å². The lowest BCUT2D eigenvalue weighted by atomic mass is 10.0. The molecule has 0 radical (unpaired) electrons. The Morgan fingerprint density at radius 3 is 2.66 bits per heavy atom. The summed E-state index contributed by atoms with van der Waals surface area (Å²) < 4.78 is 18.2. The molecule has 0 aliphatic heterocycles. The second-order valence-electron chi connectivity index (χ2n) is 7.90.